The van der Waals surface area contributed by atoms with Gasteiger partial charge in [-0.1, -0.05) is 44.2 Å². The number of benzene rings is 2. The number of carbonyl (C=O) groups is 1. The number of ether oxygens (including phenoxy) is 2. The van der Waals surface area contributed by atoms with Gasteiger partial charge in [0, 0.05) is 29.6 Å². The third-order valence-corrected chi connectivity index (χ3v) is 5.67. The molecule has 0 spiro atoms. The minimum Gasteiger partial charge on any atom is -0.493 e. The number of rotatable bonds is 9. The van der Waals surface area contributed by atoms with Crippen molar-refractivity contribution in [3.8, 4) is 11.5 Å². The minimum absolute atomic E-state index is 0.00998. The van der Waals surface area contributed by atoms with Gasteiger partial charge in [0.05, 0.1) is 19.6 Å². The van der Waals surface area contributed by atoms with E-state index in [0.717, 1.165) is 18.4 Å². The Bertz CT molecular complexity index is 1080. The molecule has 3 aromatic rings. The summed E-state index contributed by atoms with van der Waals surface area (Å²) in [4.78, 5) is 26.5. The summed E-state index contributed by atoms with van der Waals surface area (Å²) < 4.78 is 12.5. The van der Waals surface area contributed by atoms with Gasteiger partial charge in [0.15, 0.2) is 17.3 Å². The number of Topliss-reactive ketones (excluding diaryl/α,β-unsaturated/α-hetero) is 1. The van der Waals surface area contributed by atoms with Crippen LogP contribution in [-0.4, -0.2) is 24.6 Å². The smallest absolute Gasteiger partial charge is 0.258 e. The highest BCUT2D eigenvalue weighted by atomic mass is 16.5. The molecule has 0 aliphatic carbocycles. The summed E-state index contributed by atoms with van der Waals surface area (Å²) in [5.74, 6) is 0.990. The van der Waals surface area contributed by atoms with E-state index in [0.29, 0.717) is 40.7 Å². The third-order valence-electron chi connectivity index (χ3n) is 5.67. The molecule has 0 unspecified atom stereocenters. The molecule has 0 aliphatic rings. The Morgan fingerprint density at radius 3 is 2.13 bits per heavy atom. The number of hydrogen-bond donors (Lipinski definition) is 0. The average Bonchev–Trinajstić information content (AvgIpc) is 2.79. The molecule has 0 saturated heterocycles. The Morgan fingerprint density at radius 2 is 1.57 bits per heavy atom. The first kappa shape index (κ1) is 21.6. The van der Waals surface area contributed by atoms with E-state index < -0.39 is 0 Å². The predicted molar refractivity (Wildman–Crippen MR) is 120 cm³/mol. The molecule has 158 valence electrons. The fourth-order valence-electron chi connectivity index (χ4n) is 3.90. The maximum atomic E-state index is 13.3. The maximum absolute atomic E-state index is 13.3. The molecule has 5 heteroatoms. The lowest BCUT2D eigenvalue weighted by atomic mass is 9.98. The van der Waals surface area contributed by atoms with Crippen LogP contribution in [0.1, 0.15) is 55.1 Å². The molecule has 30 heavy (non-hydrogen) atoms. The molecule has 3 rings (SSSR count). The van der Waals surface area contributed by atoms with Crippen LogP contribution in [0.2, 0.25) is 0 Å². The van der Waals surface area contributed by atoms with Gasteiger partial charge >= 0.3 is 0 Å². The Hall–Kier alpha value is -3.08. The molecule has 0 fully saturated rings. The standard InChI is InChI=1S/C25H29NO4/c1-5-18(6-2)26-16-21(22(27)13-12-17-10-8-7-9-11-17)19-14-23(29-3)24(30-4)15-20(19)25(26)28/h7-11,14-16,18H,5-6,12-13H2,1-4H3. The molecule has 0 bridgehead atoms. The Labute approximate surface area is 177 Å². The van der Waals surface area contributed by atoms with Crippen molar-refractivity contribution in [1.82, 2.24) is 4.57 Å². The van der Waals surface area contributed by atoms with E-state index in [-0.39, 0.29) is 17.4 Å². The zero-order valence-corrected chi connectivity index (χ0v) is 18.1. The summed E-state index contributed by atoms with van der Waals surface area (Å²) in [6.07, 6.45) is 4.38. The van der Waals surface area contributed by atoms with Crippen molar-refractivity contribution < 1.29 is 14.3 Å². The quantitative estimate of drug-likeness (QED) is 0.458. The van der Waals surface area contributed by atoms with Gasteiger partial charge in [-0.25, -0.2) is 0 Å². The summed E-state index contributed by atoms with van der Waals surface area (Å²) in [5.41, 5.74) is 1.55. The first-order chi connectivity index (χ1) is 14.5. The zero-order valence-electron chi connectivity index (χ0n) is 18.1. The van der Waals surface area contributed by atoms with Crippen molar-refractivity contribution in [1.29, 1.82) is 0 Å². The monoisotopic (exact) mass is 407 g/mol. The Balaban J connectivity index is 2.15. The Morgan fingerprint density at radius 1 is 0.967 bits per heavy atom. The lowest BCUT2D eigenvalue weighted by Gasteiger charge is -2.20. The van der Waals surface area contributed by atoms with Crippen LogP contribution in [-0.2, 0) is 6.42 Å². The minimum atomic E-state index is -0.112. The number of ketones is 1. The fraction of sp³-hybridized carbons (Fsp3) is 0.360. The number of methoxy groups -OCH3 is 2. The van der Waals surface area contributed by atoms with Crippen LogP contribution in [0.3, 0.4) is 0 Å². The molecule has 1 heterocycles. The number of aromatic nitrogens is 1. The molecule has 2 aromatic carbocycles. The predicted octanol–water partition coefficient (Wildman–Crippen LogP) is 5.20. The van der Waals surface area contributed by atoms with Gasteiger partial charge in [-0.2, -0.15) is 0 Å². The van der Waals surface area contributed by atoms with Crippen LogP contribution in [0.4, 0.5) is 0 Å². The number of hydrogen-bond acceptors (Lipinski definition) is 4. The average molecular weight is 408 g/mol. The van der Waals surface area contributed by atoms with E-state index in [2.05, 4.69) is 13.8 Å². The summed E-state index contributed by atoms with van der Waals surface area (Å²) in [6, 6.07) is 13.4. The van der Waals surface area contributed by atoms with E-state index in [9.17, 15) is 9.59 Å². The van der Waals surface area contributed by atoms with Crippen molar-refractivity contribution in [2.75, 3.05) is 14.2 Å². The normalized spacial score (nSPS) is 11.1. The van der Waals surface area contributed by atoms with E-state index in [1.54, 1.807) is 30.0 Å². The zero-order chi connectivity index (χ0) is 21.7. The van der Waals surface area contributed by atoms with Crippen LogP contribution in [0.25, 0.3) is 10.8 Å². The topological polar surface area (TPSA) is 57.5 Å². The molecule has 0 amide bonds. The van der Waals surface area contributed by atoms with E-state index in [1.807, 2.05) is 30.3 Å². The van der Waals surface area contributed by atoms with Gasteiger partial charge < -0.3 is 14.0 Å². The largest absolute Gasteiger partial charge is 0.493 e. The maximum Gasteiger partial charge on any atom is 0.258 e. The Kier molecular flexibility index (Phi) is 6.93. The van der Waals surface area contributed by atoms with Crippen LogP contribution in [0.15, 0.2) is 53.5 Å². The van der Waals surface area contributed by atoms with E-state index >= 15 is 0 Å². The molecule has 0 saturated carbocycles. The van der Waals surface area contributed by atoms with E-state index in [1.165, 1.54) is 7.11 Å². The first-order valence-corrected chi connectivity index (χ1v) is 10.4. The number of carbonyl (C=O) groups excluding carboxylic acids is 1. The second-order valence-electron chi connectivity index (χ2n) is 7.39. The third kappa shape index (κ3) is 4.25. The van der Waals surface area contributed by atoms with Crippen molar-refractivity contribution in [2.24, 2.45) is 0 Å². The lowest BCUT2D eigenvalue weighted by molar-refractivity contribution is 0.0983. The molecule has 0 atom stereocenters. The molecule has 0 aliphatic heterocycles. The fourth-order valence-corrected chi connectivity index (χ4v) is 3.90. The van der Waals surface area contributed by atoms with Crippen molar-refractivity contribution in [2.45, 2.75) is 45.6 Å². The van der Waals surface area contributed by atoms with Gasteiger partial charge in [0.1, 0.15) is 0 Å². The summed E-state index contributed by atoms with van der Waals surface area (Å²) in [7, 11) is 3.09. The van der Waals surface area contributed by atoms with Gasteiger partial charge in [0.25, 0.3) is 5.56 Å². The molecular weight excluding hydrogens is 378 g/mol. The summed E-state index contributed by atoms with van der Waals surface area (Å²) in [6.45, 7) is 4.10. The molecule has 0 N–H and O–H groups in total. The number of nitrogens with zero attached hydrogens (tertiary/aromatic N) is 1. The van der Waals surface area contributed by atoms with Crippen LogP contribution in [0, 0.1) is 0 Å². The summed E-state index contributed by atoms with van der Waals surface area (Å²) in [5, 5.41) is 1.09. The van der Waals surface area contributed by atoms with Crippen molar-refractivity contribution in [3.63, 3.8) is 0 Å². The van der Waals surface area contributed by atoms with Crippen LogP contribution in [0.5, 0.6) is 11.5 Å². The van der Waals surface area contributed by atoms with Gasteiger partial charge in [-0.05, 0) is 37.0 Å². The first-order valence-electron chi connectivity index (χ1n) is 10.4. The van der Waals surface area contributed by atoms with Crippen LogP contribution >= 0.6 is 0 Å². The molecular formula is C25H29NO4. The highest BCUT2D eigenvalue weighted by Crippen LogP contribution is 2.33. The molecule has 1 aromatic heterocycles. The number of aryl methyl sites for hydroxylation is 1. The number of pyridine rings is 1. The lowest BCUT2D eigenvalue weighted by Crippen LogP contribution is -2.26. The van der Waals surface area contributed by atoms with Crippen molar-refractivity contribution in [3.05, 3.63) is 70.1 Å². The highest BCUT2D eigenvalue weighted by Gasteiger charge is 2.20. The highest BCUT2D eigenvalue weighted by molar-refractivity contribution is 6.08. The molecule has 0 radical (unpaired) electrons. The van der Waals surface area contributed by atoms with Gasteiger partial charge in [0.2, 0.25) is 0 Å². The van der Waals surface area contributed by atoms with Gasteiger partial charge in [-0.3, -0.25) is 9.59 Å². The summed E-state index contributed by atoms with van der Waals surface area (Å²) >= 11 is 0. The van der Waals surface area contributed by atoms with E-state index in [4.69, 9.17) is 9.47 Å². The number of fused-ring (bicyclic) bond motifs is 1. The molecule has 5 nitrogen and oxygen atoms in total. The van der Waals surface area contributed by atoms with Crippen LogP contribution < -0.4 is 15.0 Å². The van der Waals surface area contributed by atoms with Crippen molar-refractivity contribution >= 4 is 16.6 Å². The van der Waals surface area contributed by atoms with Gasteiger partial charge in [-0.15, -0.1) is 0 Å². The second kappa shape index (κ2) is 9.61. The second-order valence-corrected chi connectivity index (χ2v) is 7.39. The SMILES string of the molecule is CCC(CC)n1cc(C(=O)CCc2ccccc2)c2cc(OC)c(OC)cc2c1=O.